The van der Waals surface area contributed by atoms with Crippen LogP contribution in [0.2, 0.25) is 0 Å². The summed E-state index contributed by atoms with van der Waals surface area (Å²) in [4.78, 5) is 89.1. The number of hydrogen-bond donors (Lipinski definition) is 7. The van der Waals surface area contributed by atoms with Crippen molar-refractivity contribution in [2.75, 3.05) is 17.3 Å². The number of halogens is 6. The number of ketones is 6. The molecule has 0 aliphatic heterocycles. The predicted molar refractivity (Wildman–Crippen MR) is 419 cm³/mol. The number of H-pyrrole nitrogens is 1. The van der Waals surface area contributed by atoms with Gasteiger partial charge in [-0.1, -0.05) is 118 Å². The Balaban J connectivity index is 0.000000135. The summed E-state index contributed by atoms with van der Waals surface area (Å²) in [5.74, 6) is -0.842. The van der Waals surface area contributed by atoms with E-state index >= 15 is 0 Å². The molecule has 9 saturated carbocycles. The summed E-state index contributed by atoms with van der Waals surface area (Å²) in [7, 11) is 0. The van der Waals surface area contributed by atoms with Crippen molar-refractivity contribution in [1.82, 2.24) is 19.5 Å². The lowest BCUT2D eigenvalue weighted by Gasteiger charge is -2.59. The number of fused-ring (bicyclic) bond motifs is 17. The molecule has 17 nitrogen and oxygen atoms in total. The molecule has 12 aliphatic carbocycles. The minimum absolute atomic E-state index is 0.00977. The number of nitriles is 1. The Kier molecular flexibility index (Phi) is 21.2. The molecular formula is C88H97F6N5O12S3. The lowest BCUT2D eigenvalue weighted by Crippen LogP contribution is -2.61. The first-order chi connectivity index (χ1) is 53.7. The van der Waals surface area contributed by atoms with E-state index in [1.807, 2.05) is 67.8 Å². The molecule has 15 unspecified atom stereocenters. The van der Waals surface area contributed by atoms with Crippen molar-refractivity contribution in [2.24, 2.45) is 85.8 Å². The Labute approximate surface area is 670 Å². The number of nitrogens with zero attached hydrogens (tertiary/aromatic N) is 4. The van der Waals surface area contributed by atoms with E-state index in [1.54, 1.807) is 36.5 Å². The third kappa shape index (κ3) is 13.4. The highest BCUT2D eigenvalue weighted by molar-refractivity contribution is 8.00. The van der Waals surface area contributed by atoms with Gasteiger partial charge in [-0.15, -0.1) is 11.8 Å². The van der Waals surface area contributed by atoms with Crippen LogP contribution in [0.15, 0.2) is 153 Å². The minimum Gasteiger partial charge on any atom is -0.393 e. The molecule has 21 atom stereocenters. The number of rotatable bonds is 14. The second-order valence-electron chi connectivity index (χ2n) is 35.7. The van der Waals surface area contributed by atoms with Crippen LogP contribution in [0.5, 0.6) is 0 Å². The van der Waals surface area contributed by atoms with E-state index in [0.29, 0.717) is 65.8 Å². The summed E-state index contributed by atoms with van der Waals surface area (Å²) >= 11 is 3.38. The molecule has 0 spiro atoms. The van der Waals surface area contributed by atoms with Crippen molar-refractivity contribution in [3.63, 3.8) is 0 Å². The van der Waals surface area contributed by atoms with Gasteiger partial charge in [0.25, 0.3) is 0 Å². The van der Waals surface area contributed by atoms with Crippen molar-refractivity contribution in [1.29, 1.82) is 5.26 Å². The molecule has 0 saturated heterocycles. The van der Waals surface area contributed by atoms with Crippen LogP contribution in [0, 0.1) is 97.1 Å². The number of carbonyl (C=O) groups excluding carboxylic acids is 6. The Morgan fingerprint density at radius 3 is 1.39 bits per heavy atom. The molecule has 26 heteroatoms. The van der Waals surface area contributed by atoms with Gasteiger partial charge in [-0.2, -0.15) is 31.6 Å². The number of imidazole rings is 2. The zero-order chi connectivity index (χ0) is 81.6. The number of allylic oxidation sites excluding steroid dienone is 12. The van der Waals surface area contributed by atoms with Gasteiger partial charge in [0, 0.05) is 61.7 Å². The van der Waals surface area contributed by atoms with E-state index in [2.05, 4.69) is 36.8 Å². The quantitative estimate of drug-likeness (QED) is 0.0401. The number of nitrogens with one attached hydrogen (secondary N) is 1. The number of aromatic amines is 1. The highest BCUT2D eigenvalue weighted by atomic mass is 32.2. The SMILES string of the molecule is CC12C=CC(=O)C=C1CCC1C2[C@@H](O)CC2(C)C1CC[C@]2(O)C(=O)CSc1cccc(C(F)(F)F)c1.CC12C=CC(=O)C=C1CCC1C2[C@@H](O)CC2(C)C1CC[C@]2(O)C(=O)CSc1nc2ccc(C(F)(F)F)cc2[nH]1.CC12C=CC(=O)C=C1CCC1C2[C@@H](O)CC2(C)C1CC[C@]2(O)C(=O)CSc1nc2ccccc2n1CCC#N. The van der Waals surface area contributed by atoms with Crippen LogP contribution in [-0.4, -0.2) is 137 Å². The molecule has 0 radical (unpaired) electrons. The highest BCUT2D eigenvalue weighted by Gasteiger charge is 2.72. The van der Waals surface area contributed by atoms with Crippen LogP contribution in [-0.2, 0) is 47.7 Å². The molecule has 12 aliphatic rings. The molecule has 0 bridgehead atoms. The summed E-state index contributed by atoms with van der Waals surface area (Å²) in [6.45, 7) is 12.6. The summed E-state index contributed by atoms with van der Waals surface area (Å²) in [6, 6.07) is 18.0. The molecule has 3 aromatic carbocycles. The van der Waals surface area contributed by atoms with Gasteiger partial charge in [-0.25, -0.2) is 9.97 Å². The van der Waals surface area contributed by atoms with Crippen LogP contribution < -0.4 is 0 Å². The number of benzene rings is 3. The number of para-hydroxylation sites is 2. The largest absolute Gasteiger partial charge is 0.416 e. The van der Waals surface area contributed by atoms with E-state index in [0.717, 1.165) is 120 Å². The van der Waals surface area contributed by atoms with Gasteiger partial charge >= 0.3 is 12.4 Å². The predicted octanol–water partition coefficient (Wildman–Crippen LogP) is 15.3. The fourth-order valence-electron chi connectivity index (χ4n) is 24.7. The summed E-state index contributed by atoms with van der Waals surface area (Å²) < 4.78 is 80.4. The van der Waals surface area contributed by atoms with Crippen molar-refractivity contribution >= 4 is 92.1 Å². The summed E-state index contributed by atoms with van der Waals surface area (Å²) in [6.07, 6.45) is 13.6. The second-order valence-corrected chi connectivity index (χ2v) is 38.7. The Hall–Kier alpha value is -7.06. The van der Waals surface area contributed by atoms with Crippen LogP contribution in [0.25, 0.3) is 22.1 Å². The van der Waals surface area contributed by atoms with Gasteiger partial charge in [0.05, 0.1) is 81.3 Å². The fraction of sp³-hybridized carbons (Fsp3) is 0.557. The molecular weight excluding hydrogens is 1530 g/mol. The molecule has 2 heterocycles. The van der Waals surface area contributed by atoms with Crippen molar-refractivity contribution in [2.45, 2.75) is 213 Å². The highest BCUT2D eigenvalue weighted by Crippen LogP contribution is 2.71. The Morgan fingerprint density at radius 2 is 0.956 bits per heavy atom. The molecule has 5 aromatic rings. The second kappa shape index (κ2) is 29.5. The molecule has 2 aromatic heterocycles. The minimum atomic E-state index is -4.47. The van der Waals surface area contributed by atoms with Crippen LogP contribution in [0.1, 0.15) is 155 Å². The number of aliphatic hydroxyl groups excluding tert-OH is 3. The topological polar surface area (TPSA) is 294 Å². The maximum atomic E-state index is 13.8. The average molecular weight is 1630 g/mol. The number of hydrogen-bond acceptors (Lipinski definition) is 18. The zero-order valence-corrected chi connectivity index (χ0v) is 67.0. The Bertz CT molecular complexity index is 5020. The number of Topliss-reactive ketones (excluding diaryl/α,β-unsaturated/α-hetero) is 3. The van der Waals surface area contributed by atoms with Gasteiger partial charge in [-0.05, 0) is 217 Å². The van der Waals surface area contributed by atoms with Crippen LogP contribution in [0.4, 0.5) is 26.3 Å². The number of thioether (sulfide) groups is 3. The number of aliphatic hydroxyl groups is 6. The first-order valence-electron chi connectivity index (χ1n) is 39.8. The van der Waals surface area contributed by atoms with Crippen molar-refractivity contribution in [3.8, 4) is 6.07 Å². The maximum Gasteiger partial charge on any atom is 0.416 e. The van der Waals surface area contributed by atoms with E-state index in [4.69, 9.17) is 10.2 Å². The third-order valence-electron chi connectivity index (χ3n) is 30.4. The third-order valence-corrected chi connectivity index (χ3v) is 33.2. The number of aromatic nitrogens is 4. The van der Waals surface area contributed by atoms with Gasteiger partial charge in [0.15, 0.2) is 45.0 Å². The number of aryl methyl sites for hydroxylation is 1. The first kappa shape index (κ1) is 82.1. The van der Waals surface area contributed by atoms with Gasteiger partial charge < -0.3 is 40.2 Å². The van der Waals surface area contributed by atoms with Crippen LogP contribution >= 0.6 is 35.3 Å². The van der Waals surface area contributed by atoms with Crippen LogP contribution in [0.3, 0.4) is 0 Å². The molecule has 114 heavy (non-hydrogen) atoms. The van der Waals surface area contributed by atoms with Gasteiger partial charge in [0.2, 0.25) is 0 Å². The van der Waals surface area contributed by atoms with E-state index < -0.39 is 91.5 Å². The molecule has 7 N–H and O–H groups in total. The summed E-state index contributed by atoms with van der Waals surface area (Å²) in [5, 5.41) is 80.4. The standard InChI is InChI=1S/C31H35N3O4S.C29H31F3N2O4S.C28H31F3O4S/c1-29-12-10-20(35)16-19(29)8-9-21-22-11-13-31(38,30(22,2)17-25(36)27(21)29)26(37)18-39-28-33-23-6-3-4-7-24(23)34(28)15-5-14-32;1-26-9-7-17(35)11-15(26)3-5-18-19-8-10-28(38,27(19,2)13-22(36)24(18)26)23(37)14-39-25-33-20-6-4-16(29(30,31)32)12-21(20)34-25;1-25-10-8-18(32)12-16(25)6-7-20-21-9-11-27(35,26(21,2)14-22(33)24(20)25)23(34)15-36-19-5-3-4-17(13-19)28(29,30)31/h3-4,6-7,10,12,16,21-22,25,27,36,38H,5,8-9,11,13,15,17-18H2,1-2H3;4,6-7,9,11-12,18-19,22,24,36,38H,3,5,8,10,13-14H2,1-2H3,(H,33,34);3-5,8,10,12-13,20-22,24,33,35H,6-7,9,11,14-15H2,1-2H3/t21?,22?,25-,27?,29?,30?,31-;18?,19?,22-,24?,26?,27?,28-;20?,21?,22-,24?,25?,26?,27-/m000/s1. The first-order valence-corrected chi connectivity index (χ1v) is 42.7. The fourth-order valence-corrected chi connectivity index (χ4v) is 27.5. The molecule has 0 amide bonds. The Morgan fingerprint density at radius 1 is 0.535 bits per heavy atom. The smallest absolute Gasteiger partial charge is 0.393 e. The molecule has 9 fully saturated rings. The average Bonchev–Trinajstić information content (AvgIpc) is 1.47. The monoisotopic (exact) mass is 1630 g/mol. The number of carbonyl (C=O) groups is 6. The molecule has 606 valence electrons. The molecule has 17 rings (SSSR count). The lowest BCUT2D eigenvalue weighted by atomic mass is 9.46. The number of alkyl halides is 6. The van der Waals surface area contributed by atoms with Crippen molar-refractivity contribution < 1.29 is 85.7 Å². The normalized spacial score (nSPS) is 38.2. The van der Waals surface area contributed by atoms with E-state index in [-0.39, 0.29) is 130 Å². The van der Waals surface area contributed by atoms with E-state index in [1.165, 1.54) is 30.0 Å². The van der Waals surface area contributed by atoms with E-state index in [9.17, 15) is 85.7 Å². The van der Waals surface area contributed by atoms with Crippen molar-refractivity contribution in [3.05, 3.63) is 149 Å². The van der Waals surface area contributed by atoms with Gasteiger partial charge in [0.1, 0.15) is 16.8 Å². The maximum absolute atomic E-state index is 13.8. The van der Waals surface area contributed by atoms with Gasteiger partial charge in [-0.3, -0.25) is 28.8 Å². The summed E-state index contributed by atoms with van der Waals surface area (Å²) in [5.41, 5.74) is -4.42. The lowest BCUT2D eigenvalue weighted by molar-refractivity contribution is -0.175. The zero-order valence-electron chi connectivity index (χ0n) is 64.5.